The molecule has 1 fully saturated rings. The van der Waals surface area contributed by atoms with Gasteiger partial charge in [-0.05, 0) is 71.1 Å². The third kappa shape index (κ3) is 6.66. The number of halogens is 1. The van der Waals surface area contributed by atoms with Gasteiger partial charge in [0.2, 0.25) is 0 Å². The second kappa shape index (κ2) is 13.1. The van der Waals surface area contributed by atoms with Gasteiger partial charge in [0.05, 0.1) is 18.6 Å². The predicted molar refractivity (Wildman–Crippen MR) is 167 cm³/mol. The van der Waals surface area contributed by atoms with Crippen molar-refractivity contribution < 1.29 is 23.8 Å². The summed E-state index contributed by atoms with van der Waals surface area (Å²) >= 11 is 4.37. The first-order valence-corrected chi connectivity index (χ1v) is 14.6. The number of benzene rings is 4. The summed E-state index contributed by atoms with van der Waals surface area (Å²) in [5.41, 5.74) is 2.61. The average molecular weight is 631 g/mol. The van der Waals surface area contributed by atoms with Gasteiger partial charge in [-0.15, -0.1) is 6.58 Å². The Balaban J connectivity index is 1.30. The summed E-state index contributed by atoms with van der Waals surface area (Å²) in [6, 6.07) is 25.4. The molecule has 6 nitrogen and oxygen atoms in total. The van der Waals surface area contributed by atoms with Gasteiger partial charge in [-0.2, -0.15) is 0 Å². The second-order valence-electron chi connectivity index (χ2n) is 9.28. The summed E-state index contributed by atoms with van der Waals surface area (Å²) in [5.74, 6) is 1.53. The van der Waals surface area contributed by atoms with Crippen molar-refractivity contribution in [2.75, 3.05) is 20.3 Å². The van der Waals surface area contributed by atoms with E-state index in [0.29, 0.717) is 29.4 Å². The number of imide groups is 1. The molecule has 0 radical (unpaired) electrons. The lowest BCUT2D eigenvalue weighted by Gasteiger charge is -2.16. The molecule has 0 N–H and O–H groups in total. The maximum Gasteiger partial charge on any atom is 0.293 e. The van der Waals surface area contributed by atoms with Gasteiger partial charge in [0.25, 0.3) is 11.1 Å². The van der Waals surface area contributed by atoms with Crippen molar-refractivity contribution in [2.24, 2.45) is 0 Å². The quantitative estimate of drug-likeness (QED) is 0.124. The maximum absolute atomic E-state index is 13.2. The molecule has 1 heterocycles. The predicted octanol–water partition coefficient (Wildman–Crippen LogP) is 8.03. The highest BCUT2D eigenvalue weighted by Gasteiger charge is 2.35. The Morgan fingerprint density at radius 1 is 0.951 bits per heavy atom. The summed E-state index contributed by atoms with van der Waals surface area (Å²) < 4.78 is 18.8. The molecule has 208 valence electrons. The number of thioether (sulfide) groups is 1. The monoisotopic (exact) mass is 629 g/mol. The zero-order valence-electron chi connectivity index (χ0n) is 22.5. The summed E-state index contributed by atoms with van der Waals surface area (Å²) in [6.45, 7) is 4.59. The molecule has 1 aliphatic heterocycles. The van der Waals surface area contributed by atoms with Crippen LogP contribution in [-0.2, 0) is 17.8 Å². The number of nitrogens with zero attached hydrogens (tertiary/aromatic N) is 1. The highest BCUT2D eigenvalue weighted by Crippen LogP contribution is 2.37. The summed E-state index contributed by atoms with van der Waals surface area (Å²) in [7, 11) is 1.58. The van der Waals surface area contributed by atoms with Crippen LogP contribution in [0.5, 0.6) is 17.2 Å². The largest absolute Gasteiger partial charge is 0.493 e. The number of rotatable bonds is 11. The smallest absolute Gasteiger partial charge is 0.293 e. The van der Waals surface area contributed by atoms with Gasteiger partial charge in [0.1, 0.15) is 19.0 Å². The van der Waals surface area contributed by atoms with Crippen molar-refractivity contribution >= 4 is 55.7 Å². The number of ether oxygens (including phenoxy) is 3. The van der Waals surface area contributed by atoms with Gasteiger partial charge >= 0.3 is 0 Å². The lowest BCUT2D eigenvalue weighted by Crippen LogP contribution is -2.32. The van der Waals surface area contributed by atoms with Crippen LogP contribution in [0.15, 0.2) is 101 Å². The zero-order chi connectivity index (χ0) is 28.8. The van der Waals surface area contributed by atoms with Gasteiger partial charge in [-0.1, -0.05) is 70.5 Å². The van der Waals surface area contributed by atoms with Gasteiger partial charge in [-0.3, -0.25) is 14.5 Å². The lowest BCUT2D eigenvalue weighted by atomic mass is 10.0. The first-order valence-electron chi connectivity index (χ1n) is 13.0. The summed E-state index contributed by atoms with van der Waals surface area (Å²) in [6.07, 6.45) is 4.04. The topological polar surface area (TPSA) is 65.1 Å². The first kappa shape index (κ1) is 28.5. The molecule has 0 atom stereocenters. The molecule has 5 rings (SSSR count). The van der Waals surface area contributed by atoms with Gasteiger partial charge in [0.15, 0.2) is 11.5 Å². The van der Waals surface area contributed by atoms with Crippen LogP contribution in [0.3, 0.4) is 0 Å². The van der Waals surface area contributed by atoms with E-state index in [9.17, 15) is 9.59 Å². The number of carbonyl (C=O) groups excluding carboxylic acids is 2. The SMILES string of the molecule is C=CCc1cc(/C=C2\SC(=O)N(CCOc3cccc4ccccc34)C2=O)cc(OC)c1OCc1ccc(Br)cc1. The van der Waals surface area contributed by atoms with E-state index in [1.807, 2.05) is 72.8 Å². The van der Waals surface area contributed by atoms with E-state index in [2.05, 4.69) is 22.5 Å². The lowest BCUT2D eigenvalue weighted by molar-refractivity contribution is -0.123. The van der Waals surface area contributed by atoms with Gasteiger partial charge < -0.3 is 14.2 Å². The van der Waals surface area contributed by atoms with Crippen LogP contribution >= 0.6 is 27.7 Å². The molecule has 0 unspecified atom stereocenters. The van der Waals surface area contributed by atoms with E-state index in [1.54, 1.807) is 25.3 Å². The van der Waals surface area contributed by atoms with Crippen molar-refractivity contribution in [2.45, 2.75) is 13.0 Å². The van der Waals surface area contributed by atoms with Crippen LogP contribution in [0.4, 0.5) is 4.79 Å². The van der Waals surface area contributed by atoms with Crippen molar-refractivity contribution in [3.8, 4) is 17.2 Å². The number of hydrogen-bond donors (Lipinski definition) is 0. The summed E-state index contributed by atoms with van der Waals surface area (Å²) in [5, 5.41) is 1.73. The number of fused-ring (bicyclic) bond motifs is 1. The van der Waals surface area contributed by atoms with Crippen LogP contribution in [0.2, 0.25) is 0 Å². The van der Waals surface area contributed by atoms with Crippen LogP contribution < -0.4 is 14.2 Å². The molecule has 1 aliphatic rings. The maximum atomic E-state index is 13.2. The summed E-state index contributed by atoms with van der Waals surface area (Å²) in [4.78, 5) is 27.5. The van der Waals surface area contributed by atoms with Crippen molar-refractivity contribution in [3.05, 3.63) is 118 Å². The Bertz CT molecular complexity index is 1630. The molecule has 0 bridgehead atoms. The molecule has 2 amide bonds. The molecule has 4 aromatic carbocycles. The fraction of sp³-hybridized carbons (Fsp3) is 0.152. The standard InChI is InChI=1S/C33H28BrNO5S/c1-3-7-25-18-23(19-29(38-2)31(25)40-21-22-12-14-26(34)15-13-22)20-30-32(36)35(33(37)41-30)16-17-39-28-11-6-9-24-8-4-5-10-27(24)28/h3-6,8-15,18-20H,1,7,16-17,21H2,2H3/b30-20-. The van der Waals surface area contributed by atoms with Gasteiger partial charge in [-0.25, -0.2) is 0 Å². The number of amides is 2. The zero-order valence-corrected chi connectivity index (χ0v) is 24.9. The highest BCUT2D eigenvalue weighted by molar-refractivity contribution is 9.10. The number of allylic oxidation sites excluding steroid dienone is 1. The van der Waals surface area contributed by atoms with E-state index in [1.165, 1.54) is 4.90 Å². The first-order chi connectivity index (χ1) is 20.0. The minimum atomic E-state index is -0.346. The molecule has 0 aliphatic carbocycles. The van der Waals surface area contributed by atoms with Crippen LogP contribution in [0.1, 0.15) is 16.7 Å². The van der Waals surface area contributed by atoms with E-state index >= 15 is 0 Å². The third-order valence-corrected chi connectivity index (χ3v) is 7.96. The Hall–Kier alpha value is -4.01. The number of methoxy groups -OCH3 is 1. The van der Waals surface area contributed by atoms with E-state index in [-0.39, 0.29) is 24.3 Å². The Morgan fingerprint density at radius 2 is 1.73 bits per heavy atom. The number of carbonyl (C=O) groups is 2. The van der Waals surface area contributed by atoms with Crippen LogP contribution in [-0.4, -0.2) is 36.3 Å². The minimum Gasteiger partial charge on any atom is -0.493 e. The van der Waals surface area contributed by atoms with Crippen LogP contribution in [0, 0.1) is 0 Å². The van der Waals surface area contributed by atoms with Gasteiger partial charge in [0, 0.05) is 15.4 Å². The second-order valence-corrected chi connectivity index (χ2v) is 11.2. The fourth-order valence-electron chi connectivity index (χ4n) is 4.54. The van der Waals surface area contributed by atoms with E-state index < -0.39 is 0 Å². The molecule has 0 aromatic heterocycles. The number of hydrogen-bond acceptors (Lipinski definition) is 6. The Kier molecular flexibility index (Phi) is 9.11. The third-order valence-electron chi connectivity index (χ3n) is 6.53. The van der Waals surface area contributed by atoms with Crippen LogP contribution in [0.25, 0.3) is 16.8 Å². The normalized spacial score (nSPS) is 14.1. The molecule has 0 saturated carbocycles. The van der Waals surface area contributed by atoms with E-state index in [0.717, 1.165) is 49.4 Å². The molecule has 4 aromatic rings. The minimum absolute atomic E-state index is 0.152. The van der Waals surface area contributed by atoms with Crippen molar-refractivity contribution in [1.82, 2.24) is 4.90 Å². The molecule has 8 heteroatoms. The highest BCUT2D eigenvalue weighted by atomic mass is 79.9. The fourth-order valence-corrected chi connectivity index (χ4v) is 5.67. The average Bonchev–Trinajstić information content (AvgIpc) is 3.24. The molecule has 1 saturated heterocycles. The van der Waals surface area contributed by atoms with E-state index in [4.69, 9.17) is 14.2 Å². The molecular weight excluding hydrogens is 602 g/mol. The Labute approximate surface area is 251 Å². The van der Waals surface area contributed by atoms with Crippen molar-refractivity contribution in [1.29, 1.82) is 0 Å². The molecule has 41 heavy (non-hydrogen) atoms. The molecular formula is C33H28BrNO5S. The van der Waals surface area contributed by atoms with Crippen molar-refractivity contribution in [3.63, 3.8) is 0 Å². The Morgan fingerprint density at radius 3 is 2.51 bits per heavy atom. The molecule has 0 spiro atoms.